The Labute approximate surface area is 143 Å². The minimum atomic E-state index is 0.0348. The van der Waals surface area contributed by atoms with E-state index >= 15 is 0 Å². The molecule has 0 bridgehead atoms. The predicted octanol–water partition coefficient (Wildman–Crippen LogP) is 1.96. The van der Waals surface area contributed by atoms with Crippen LogP contribution in [0, 0.1) is 0 Å². The van der Waals surface area contributed by atoms with Crippen molar-refractivity contribution in [3.63, 3.8) is 0 Å². The first kappa shape index (κ1) is 18.2. The third kappa shape index (κ3) is 5.77. The lowest BCUT2D eigenvalue weighted by Crippen LogP contribution is -2.44. The van der Waals surface area contributed by atoms with Crippen LogP contribution in [0.5, 0.6) is 0 Å². The number of rotatable bonds is 7. The normalized spacial score (nSPS) is 18.4. The molecule has 0 aromatic heterocycles. The number of carbonyl (C=O) groups excluding carboxylic acids is 1. The Hall–Kier alpha value is -1.14. The van der Waals surface area contributed by atoms with Crippen molar-refractivity contribution in [3.8, 4) is 0 Å². The standard InChI is InChI=1S/C17H26ClN3O2/c1-13(19)6-7-17(22)20-12-16(21-8-10-23-11-9-21)14-4-2-3-5-15(14)18/h2-5,13,16H,6-12,19H2,1H3,(H,20,22). The summed E-state index contributed by atoms with van der Waals surface area (Å²) in [5, 5.41) is 3.76. The molecule has 1 aromatic carbocycles. The van der Waals surface area contributed by atoms with Crippen LogP contribution in [-0.4, -0.2) is 49.7 Å². The van der Waals surface area contributed by atoms with Crippen molar-refractivity contribution in [1.82, 2.24) is 10.2 Å². The molecule has 128 valence electrons. The van der Waals surface area contributed by atoms with Crippen molar-refractivity contribution in [2.24, 2.45) is 5.73 Å². The molecule has 1 fully saturated rings. The minimum Gasteiger partial charge on any atom is -0.379 e. The van der Waals surface area contributed by atoms with Gasteiger partial charge < -0.3 is 15.8 Å². The lowest BCUT2D eigenvalue weighted by molar-refractivity contribution is -0.121. The summed E-state index contributed by atoms with van der Waals surface area (Å²) in [5.41, 5.74) is 6.75. The van der Waals surface area contributed by atoms with Gasteiger partial charge in [-0.15, -0.1) is 0 Å². The van der Waals surface area contributed by atoms with Crippen LogP contribution in [0.1, 0.15) is 31.4 Å². The van der Waals surface area contributed by atoms with Crippen LogP contribution >= 0.6 is 11.6 Å². The largest absolute Gasteiger partial charge is 0.379 e. The number of nitrogens with one attached hydrogen (secondary N) is 1. The van der Waals surface area contributed by atoms with Crippen molar-refractivity contribution in [1.29, 1.82) is 0 Å². The first-order valence-corrected chi connectivity index (χ1v) is 8.54. The molecule has 1 saturated heterocycles. The average molecular weight is 340 g/mol. The molecule has 2 rings (SSSR count). The molecule has 0 aliphatic carbocycles. The number of ether oxygens (including phenoxy) is 1. The van der Waals surface area contributed by atoms with Crippen LogP contribution in [-0.2, 0) is 9.53 Å². The van der Waals surface area contributed by atoms with Gasteiger partial charge in [0.05, 0.1) is 19.3 Å². The SMILES string of the molecule is CC(N)CCC(=O)NCC(c1ccccc1Cl)N1CCOCC1. The molecule has 0 saturated carbocycles. The zero-order valence-corrected chi connectivity index (χ0v) is 14.4. The molecule has 23 heavy (non-hydrogen) atoms. The predicted molar refractivity (Wildman–Crippen MR) is 92.5 cm³/mol. The smallest absolute Gasteiger partial charge is 0.220 e. The second-order valence-electron chi connectivity index (χ2n) is 6.01. The molecule has 1 amide bonds. The van der Waals surface area contributed by atoms with Gasteiger partial charge in [-0.2, -0.15) is 0 Å². The van der Waals surface area contributed by atoms with Crippen molar-refractivity contribution < 1.29 is 9.53 Å². The number of morpholine rings is 1. The fraction of sp³-hybridized carbons (Fsp3) is 0.588. The quantitative estimate of drug-likeness (QED) is 0.797. The Kier molecular flexibility index (Phi) is 7.30. The lowest BCUT2D eigenvalue weighted by atomic mass is 10.0. The first-order valence-electron chi connectivity index (χ1n) is 8.16. The number of nitrogens with zero attached hydrogens (tertiary/aromatic N) is 1. The summed E-state index contributed by atoms with van der Waals surface area (Å²) in [6.07, 6.45) is 1.15. The van der Waals surface area contributed by atoms with Crippen molar-refractivity contribution in [2.45, 2.75) is 31.8 Å². The fourth-order valence-electron chi connectivity index (χ4n) is 2.73. The number of benzene rings is 1. The maximum Gasteiger partial charge on any atom is 0.220 e. The molecule has 1 aliphatic heterocycles. The van der Waals surface area contributed by atoms with Crippen LogP contribution in [0.15, 0.2) is 24.3 Å². The zero-order valence-electron chi connectivity index (χ0n) is 13.6. The summed E-state index contributed by atoms with van der Waals surface area (Å²) in [5.74, 6) is 0.0348. The number of amides is 1. The summed E-state index contributed by atoms with van der Waals surface area (Å²) in [4.78, 5) is 14.3. The van der Waals surface area contributed by atoms with E-state index in [2.05, 4.69) is 10.2 Å². The second kappa shape index (κ2) is 9.23. The molecule has 0 radical (unpaired) electrons. The van der Waals surface area contributed by atoms with Crippen molar-refractivity contribution >= 4 is 17.5 Å². The van der Waals surface area contributed by atoms with E-state index in [1.54, 1.807) is 0 Å². The molecule has 6 heteroatoms. The highest BCUT2D eigenvalue weighted by molar-refractivity contribution is 6.31. The third-order valence-corrected chi connectivity index (χ3v) is 4.41. The van der Waals surface area contributed by atoms with E-state index in [-0.39, 0.29) is 18.0 Å². The molecule has 1 aliphatic rings. The van der Waals surface area contributed by atoms with Gasteiger partial charge in [-0.1, -0.05) is 29.8 Å². The molecular formula is C17H26ClN3O2. The zero-order chi connectivity index (χ0) is 16.7. The number of nitrogens with two attached hydrogens (primary N) is 1. The molecular weight excluding hydrogens is 314 g/mol. The summed E-state index contributed by atoms with van der Waals surface area (Å²) < 4.78 is 5.43. The molecule has 1 aromatic rings. The minimum absolute atomic E-state index is 0.0348. The van der Waals surface area contributed by atoms with Gasteiger partial charge in [0.15, 0.2) is 0 Å². The molecule has 2 unspecified atom stereocenters. The second-order valence-corrected chi connectivity index (χ2v) is 6.41. The maximum atomic E-state index is 12.0. The number of halogens is 1. The van der Waals surface area contributed by atoms with Gasteiger partial charge in [0.25, 0.3) is 0 Å². The topological polar surface area (TPSA) is 67.6 Å². The third-order valence-electron chi connectivity index (χ3n) is 4.07. The summed E-state index contributed by atoms with van der Waals surface area (Å²) in [7, 11) is 0. The Morgan fingerprint density at radius 1 is 1.39 bits per heavy atom. The monoisotopic (exact) mass is 339 g/mol. The van der Waals surface area contributed by atoms with Crippen LogP contribution in [0.4, 0.5) is 0 Å². The van der Waals surface area contributed by atoms with Gasteiger partial charge in [-0.05, 0) is 25.0 Å². The van der Waals surface area contributed by atoms with Gasteiger partial charge in [0, 0.05) is 37.1 Å². The van der Waals surface area contributed by atoms with E-state index in [1.165, 1.54) is 0 Å². The fourth-order valence-corrected chi connectivity index (χ4v) is 2.99. The van der Waals surface area contributed by atoms with Crippen molar-refractivity contribution in [3.05, 3.63) is 34.9 Å². The van der Waals surface area contributed by atoms with E-state index in [4.69, 9.17) is 22.1 Å². The number of hydrogen-bond donors (Lipinski definition) is 2. The number of carbonyl (C=O) groups is 1. The molecule has 1 heterocycles. The molecule has 0 spiro atoms. The number of hydrogen-bond acceptors (Lipinski definition) is 4. The highest BCUT2D eigenvalue weighted by Gasteiger charge is 2.24. The van der Waals surface area contributed by atoms with Gasteiger partial charge in [0.1, 0.15) is 0 Å². The van der Waals surface area contributed by atoms with Crippen LogP contribution in [0.3, 0.4) is 0 Å². The van der Waals surface area contributed by atoms with Crippen molar-refractivity contribution in [2.75, 3.05) is 32.8 Å². The van der Waals surface area contributed by atoms with Gasteiger partial charge in [-0.3, -0.25) is 9.69 Å². The van der Waals surface area contributed by atoms with Gasteiger partial charge >= 0.3 is 0 Å². The Balaban J connectivity index is 2.02. The lowest BCUT2D eigenvalue weighted by Gasteiger charge is -2.35. The van der Waals surface area contributed by atoms with Gasteiger partial charge in [0.2, 0.25) is 5.91 Å². The highest BCUT2D eigenvalue weighted by atomic mass is 35.5. The molecule has 2 atom stereocenters. The summed E-state index contributed by atoms with van der Waals surface area (Å²) in [6.45, 7) is 5.55. The van der Waals surface area contributed by atoms with E-state index in [9.17, 15) is 4.79 Å². The van der Waals surface area contributed by atoms with Crippen LogP contribution in [0.2, 0.25) is 5.02 Å². The Morgan fingerprint density at radius 2 is 2.09 bits per heavy atom. The maximum absolute atomic E-state index is 12.0. The van der Waals surface area contributed by atoms with Crippen LogP contribution < -0.4 is 11.1 Å². The molecule has 3 N–H and O–H groups in total. The van der Waals surface area contributed by atoms with E-state index in [0.29, 0.717) is 32.6 Å². The summed E-state index contributed by atoms with van der Waals surface area (Å²) in [6, 6.07) is 7.92. The Bertz CT molecular complexity index is 504. The highest BCUT2D eigenvalue weighted by Crippen LogP contribution is 2.27. The van der Waals surface area contributed by atoms with Crippen LogP contribution in [0.25, 0.3) is 0 Å². The van der Waals surface area contributed by atoms with E-state index < -0.39 is 0 Å². The first-order chi connectivity index (χ1) is 11.1. The van der Waals surface area contributed by atoms with E-state index in [0.717, 1.165) is 23.7 Å². The van der Waals surface area contributed by atoms with E-state index in [1.807, 2.05) is 31.2 Å². The molecule has 5 nitrogen and oxygen atoms in total. The van der Waals surface area contributed by atoms with Gasteiger partial charge in [-0.25, -0.2) is 0 Å². The Morgan fingerprint density at radius 3 is 2.74 bits per heavy atom. The average Bonchev–Trinajstić information content (AvgIpc) is 2.55. The summed E-state index contributed by atoms with van der Waals surface area (Å²) >= 11 is 6.37.